The minimum absolute atomic E-state index is 0.0544. The van der Waals surface area contributed by atoms with E-state index in [1.54, 1.807) is 17.1 Å². The van der Waals surface area contributed by atoms with Crippen molar-refractivity contribution in [2.45, 2.75) is 116 Å². The Labute approximate surface area is 234 Å². The summed E-state index contributed by atoms with van der Waals surface area (Å²) in [4.78, 5) is 46.0. The van der Waals surface area contributed by atoms with Gasteiger partial charge in [0.25, 0.3) is 0 Å². The molecule has 3 fully saturated rings. The molecule has 8 heteroatoms. The maximum Gasteiger partial charge on any atom is 0.312 e. The van der Waals surface area contributed by atoms with Crippen LogP contribution in [0.3, 0.4) is 0 Å². The summed E-state index contributed by atoms with van der Waals surface area (Å²) in [6.07, 6.45) is 6.68. The fourth-order valence-corrected chi connectivity index (χ4v) is 7.74. The highest BCUT2D eigenvalue weighted by atomic mass is 16.6. The first-order chi connectivity index (χ1) is 18.2. The van der Waals surface area contributed by atoms with Crippen LogP contribution < -0.4 is 0 Å². The lowest BCUT2D eigenvalue weighted by Crippen LogP contribution is -2.62. The molecule has 0 aromatic heterocycles. The smallest absolute Gasteiger partial charge is 0.312 e. The van der Waals surface area contributed by atoms with Gasteiger partial charge in [-0.1, -0.05) is 46.8 Å². The third-order valence-corrected chi connectivity index (χ3v) is 9.02. The van der Waals surface area contributed by atoms with Crippen molar-refractivity contribution >= 4 is 17.8 Å². The molecule has 3 heterocycles. The van der Waals surface area contributed by atoms with Crippen molar-refractivity contribution in [3.05, 3.63) is 25.3 Å². The molecular weight excluding hydrogens is 496 g/mol. The summed E-state index contributed by atoms with van der Waals surface area (Å²) in [5.41, 5.74) is -2.62. The molecular formula is C31H50N2O6. The van der Waals surface area contributed by atoms with Gasteiger partial charge in [-0.3, -0.25) is 14.4 Å². The number of ether oxygens (including phenoxy) is 2. The van der Waals surface area contributed by atoms with Crippen molar-refractivity contribution in [1.29, 1.82) is 0 Å². The average Bonchev–Trinajstić information content (AvgIpc) is 3.45. The van der Waals surface area contributed by atoms with Crippen molar-refractivity contribution < 1.29 is 29.0 Å². The standard InChI is InChI=1S/C31H50N2O6/c1-10-14-18-38-27(37)23-22-25(35)33(21(12-3)19-34)24(31(22)16-15-30(23,13-4)39-31)26(36)32(17-11-2)29(8,9)20-28(5,6)7/h10-11,21-24,34H,1-2,12-20H2,3-9H3/t21-,22-,23-,24?,30+,31?/m0/s1. The zero-order chi connectivity index (χ0) is 29.4. The Hall–Kier alpha value is -2.19. The number of aliphatic hydroxyl groups excluding tert-OH is 1. The van der Waals surface area contributed by atoms with Crippen molar-refractivity contribution in [3.63, 3.8) is 0 Å². The molecule has 3 saturated heterocycles. The Kier molecular flexibility index (Phi) is 9.13. The fraction of sp³-hybridized carbons (Fsp3) is 0.774. The Morgan fingerprint density at radius 1 is 1.21 bits per heavy atom. The minimum atomic E-state index is -1.16. The van der Waals surface area contributed by atoms with Gasteiger partial charge in [-0.05, 0) is 57.8 Å². The first-order valence-electron chi connectivity index (χ1n) is 14.5. The van der Waals surface area contributed by atoms with Gasteiger partial charge in [0.05, 0.1) is 30.8 Å². The third-order valence-electron chi connectivity index (χ3n) is 9.02. The summed E-state index contributed by atoms with van der Waals surface area (Å²) in [7, 11) is 0. The molecule has 3 aliphatic heterocycles. The van der Waals surface area contributed by atoms with Crippen LogP contribution in [0.25, 0.3) is 0 Å². The van der Waals surface area contributed by atoms with Crippen LogP contribution in [0.5, 0.6) is 0 Å². The van der Waals surface area contributed by atoms with Crippen LogP contribution in [0, 0.1) is 17.3 Å². The van der Waals surface area contributed by atoms with Crippen molar-refractivity contribution in [1.82, 2.24) is 9.80 Å². The molecule has 6 atom stereocenters. The Morgan fingerprint density at radius 2 is 1.87 bits per heavy atom. The van der Waals surface area contributed by atoms with Gasteiger partial charge < -0.3 is 24.4 Å². The molecule has 0 radical (unpaired) electrons. The van der Waals surface area contributed by atoms with E-state index in [9.17, 15) is 19.5 Å². The Balaban J connectivity index is 2.15. The number of esters is 1. The summed E-state index contributed by atoms with van der Waals surface area (Å²) in [5.74, 6) is -2.63. The van der Waals surface area contributed by atoms with E-state index >= 15 is 0 Å². The number of amides is 2. The van der Waals surface area contributed by atoms with Gasteiger partial charge in [0.1, 0.15) is 17.6 Å². The van der Waals surface area contributed by atoms with E-state index in [0.717, 1.165) is 6.42 Å². The van der Waals surface area contributed by atoms with Crippen LogP contribution >= 0.6 is 0 Å². The highest BCUT2D eigenvalue weighted by Gasteiger charge is 2.79. The number of aliphatic hydroxyl groups is 1. The molecule has 3 rings (SSSR count). The van der Waals surface area contributed by atoms with E-state index in [0.29, 0.717) is 38.6 Å². The molecule has 2 unspecified atom stereocenters. The lowest BCUT2D eigenvalue weighted by atomic mass is 9.65. The van der Waals surface area contributed by atoms with Gasteiger partial charge >= 0.3 is 5.97 Å². The largest absolute Gasteiger partial charge is 0.465 e. The van der Waals surface area contributed by atoms with Gasteiger partial charge in [-0.15, -0.1) is 13.2 Å². The number of likely N-dealkylation sites (tertiary alicyclic amines) is 1. The molecule has 8 nitrogen and oxygen atoms in total. The first-order valence-corrected chi connectivity index (χ1v) is 14.5. The normalized spacial score (nSPS) is 30.7. The number of rotatable bonds is 13. The molecule has 1 spiro atoms. The zero-order valence-electron chi connectivity index (χ0n) is 25.1. The molecule has 0 aliphatic carbocycles. The highest BCUT2D eigenvalue weighted by Crippen LogP contribution is 2.65. The maximum atomic E-state index is 14.8. The molecule has 2 amide bonds. The monoisotopic (exact) mass is 546 g/mol. The fourth-order valence-electron chi connectivity index (χ4n) is 7.74. The second-order valence-corrected chi connectivity index (χ2v) is 13.4. The summed E-state index contributed by atoms with van der Waals surface area (Å²) in [5, 5.41) is 10.3. The minimum Gasteiger partial charge on any atom is -0.465 e. The number of carbonyl (C=O) groups excluding carboxylic acids is 3. The second-order valence-electron chi connectivity index (χ2n) is 13.4. The Bertz CT molecular complexity index is 967. The summed E-state index contributed by atoms with van der Waals surface area (Å²) in [6, 6.07) is -1.52. The first kappa shape index (κ1) is 31.3. The van der Waals surface area contributed by atoms with E-state index in [2.05, 4.69) is 33.9 Å². The van der Waals surface area contributed by atoms with Crippen molar-refractivity contribution in [2.75, 3.05) is 19.8 Å². The van der Waals surface area contributed by atoms with Crippen LogP contribution in [0.2, 0.25) is 0 Å². The van der Waals surface area contributed by atoms with Crippen LogP contribution in [0.4, 0.5) is 0 Å². The van der Waals surface area contributed by atoms with Crippen LogP contribution in [0.1, 0.15) is 87.0 Å². The molecule has 2 bridgehead atoms. The zero-order valence-corrected chi connectivity index (χ0v) is 25.1. The lowest BCUT2D eigenvalue weighted by Gasteiger charge is -2.46. The van der Waals surface area contributed by atoms with Gasteiger partial charge in [0.2, 0.25) is 11.8 Å². The quantitative estimate of drug-likeness (QED) is 0.211. The van der Waals surface area contributed by atoms with E-state index < -0.39 is 46.6 Å². The molecule has 3 aliphatic rings. The van der Waals surface area contributed by atoms with E-state index in [-0.39, 0.29) is 30.4 Å². The lowest BCUT2D eigenvalue weighted by molar-refractivity contribution is -0.165. The average molecular weight is 547 g/mol. The van der Waals surface area contributed by atoms with Crippen molar-refractivity contribution in [2.24, 2.45) is 17.3 Å². The number of carbonyl (C=O) groups is 3. The van der Waals surface area contributed by atoms with Gasteiger partial charge in [0.15, 0.2) is 0 Å². The topological polar surface area (TPSA) is 96.4 Å². The van der Waals surface area contributed by atoms with Crippen LogP contribution in [-0.2, 0) is 23.9 Å². The van der Waals surface area contributed by atoms with Gasteiger partial charge in [0, 0.05) is 12.1 Å². The molecule has 1 N–H and O–H groups in total. The molecule has 0 aromatic rings. The number of hydrogen-bond donors (Lipinski definition) is 1. The second kappa shape index (κ2) is 11.4. The predicted molar refractivity (Wildman–Crippen MR) is 151 cm³/mol. The SMILES string of the molecule is C=CCCOC(=O)[C@@H]1[C@H]2C(=O)N([C@@H](CC)CO)C(C(=O)N(CC=C)C(C)(C)CC(C)(C)C)C23CC[C@@]1(CC)O3. The number of hydrogen-bond acceptors (Lipinski definition) is 6. The molecule has 39 heavy (non-hydrogen) atoms. The maximum absolute atomic E-state index is 14.8. The Morgan fingerprint density at radius 3 is 2.38 bits per heavy atom. The van der Waals surface area contributed by atoms with E-state index in [1.807, 2.05) is 32.6 Å². The summed E-state index contributed by atoms with van der Waals surface area (Å²) < 4.78 is 12.5. The molecule has 220 valence electrons. The number of fused-ring (bicyclic) bond motifs is 1. The highest BCUT2D eigenvalue weighted by molar-refractivity contribution is 5.99. The van der Waals surface area contributed by atoms with Gasteiger partial charge in [-0.25, -0.2) is 0 Å². The third kappa shape index (κ3) is 5.31. The predicted octanol–water partition coefficient (Wildman–Crippen LogP) is 4.26. The van der Waals surface area contributed by atoms with Crippen LogP contribution in [0.15, 0.2) is 25.3 Å². The van der Waals surface area contributed by atoms with E-state index in [4.69, 9.17) is 9.47 Å². The van der Waals surface area contributed by atoms with Crippen LogP contribution in [-0.4, -0.2) is 81.3 Å². The van der Waals surface area contributed by atoms with Gasteiger partial charge in [-0.2, -0.15) is 0 Å². The van der Waals surface area contributed by atoms with Crippen molar-refractivity contribution in [3.8, 4) is 0 Å². The van der Waals surface area contributed by atoms with E-state index in [1.165, 1.54) is 0 Å². The number of nitrogens with zero attached hydrogens (tertiary/aromatic N) is 2. The summed E-state index contributed by atoms with van der Waals surface area (Å²) >= 11 is 0. The summed E-state index contributed by atoms with van der Waals surface area (Å²) in [6.45, 7) is 22.2. The molecule has 0 aromatic carbocycles. The molecule has 0 saturated carbocycles.